The minimum atomic E-state index is 0.412. The van der Waals surface area contributed by atoms with Gasteiger partial charge < -0.3 is 9.47 Å². The molecule has 0 amide bonds. The highest BCUT2D eigenvalue weighted by Crippen LogP contribution is 2.47. The van der Waals surface area contributed by atoms with Crippen molar-refractivity contribution in [2.45, 2.75) is 64.4 Å². The first kappa shape index (κ1) is 14.7. The van der Waals surface area contributed by atoms with Gasteiger partial charge in [-0.15, -0.1) is 0 Å². The van der Waals surface area contributed by atoms with Gasteiger partial charge >= 0.3 is 0 Å². The molecule has 2 fully saturated rings. The predicted molar refractivity (Wildman–Crippen MR) is 86.2 cm³/mol. The summed E-state index contributed by atoms with van der Waals surface area (Å²) in [7, 11) is 1.74. The van der Waals surface area contributed by atoms with E-state index in [2.05, 4.69) is 32.0 Å². The van der Waals surface area contributed by atoms with Crippen LogP contribution in [0.4, 0.5) is 0 Å². The molecule has 0 spiro atoms. The van der Waals surface area contributed by atoms with Crippen LogP contribution in [0.1, 0.15) is 63.9 Å². The number of benzene rings is 1. The molecule has 0 N–H and O–H groups in total. The van der Waals surface area contributed by atoms with Crippen LogP contribution < -0.4 is 9.47 Å². The van der Waals surface area contributed by atoms with Gasteiger partial charge in [-0.3, -0.25) is 0 Å². The quantitative estimate of drug-likeness (QED) is 0.719. The Morgan fingerprint density at radius 2 is 1.90 bits per heavy atom. The molecule has 2 nitrogen and oxygen atoms in total. The summed E-state index contributed by atoms with van der Waals surface area (Å²) in [5, 5.41) is 0. The first-order valence-corrected chi connectivity index (χ1v) is 8.59. The Hall–Kier alpha value is -1.18. The number of fused-ring (bicyclic) bond motifs is 2. The monoisotopic (exact) mass is 288 g/mol. The van der Waals surface area contributed by atoms with Gasteiger partial charge in [-0.25, -0.2) is 0 Å². The van der Waals surface area contributed by atoms with Gasteiger partial charge in [0.2, 0.25) is 0 Å². The van der Waals surface area contributed by atoms with E-state index in [1.165, 1.54) is 44.1 Å². The highest BCUT2D eigenvalue weighted by Gasteiger charge is 2.41. The molecule has 2 bridgehead atoms. The Labute approximate surface area is 128 Å². The molecule has 1 aromatic rings. The summed E-state index contributed by atoms with van der Waals surface area (Å²) in [5.74, 6) is 4.15. The van der Waals surface area contributed by atoms with Gasteiger partial charge in [0.1, 0.15) is 6.10 Å². The second-order valence-corrected chi connectivity index (χ2v) is 6.75. The molecule has 0 radical (unpaired) electrons. The smallest absolute Gasteiger partial charge is 0.161 e. The van der Waals surface area contributed by atoms with Gasteiger partial charge in [0.25, 0.3) is 0 Å². The highest BCUT2D eigenvalue weighted by molar-refractivity contribution is 5.44. The second-order valence-electron chi connectivity index (χ2n) is 6.75. The Morgan fingerprint density at radius 1 is 1.10 bits per heavy atom. The molecule has 0 saturated heterocycles. The van der Waals surface area contributed by atoms with Gasteiger partial charge in [-0.1, -0.05) is 19.9 Å². The van der Waals surface area contributed by atoms with Crippen LogP contribution in [0, 0.1) is 11.8 Å². The SMILES string of the molecule is CCC(CC)c1ccc(OC)c(O[C@@H]2CC3CCC2C3)c1. The summed E-state index contributed by atoms with van der Waals surface area (Å²) in [4.78, 5) is 0. The van der Waals surface area contributed by atoms with Crippen LogP contribution in [-0.4, -0.2) is 13.2 Å². The van der Waals surface area contributed by atoms with Crippen LogP contribution in [0.2, 0.25) is 0 Å². The van der Waals surface area contributed by atoms with Crippen LogP contribution in [0.5, 0.6) is 11.5 Å². The van der Waals surface area contributed by atoms with Crippen molar-refractivity contribution in [2.75, 3.05) is 7.11 Å². The zero-order valence-electron chi connectivity index (χ0n) is 13.6. The van der Waals surface area contributed by atoms with Crippen molar-refractivity contribution in [2.24, 2.45) is 11.8 Å². The minimum absolute atomic E-state index is 0.412. The number of hydrogen-bond donors (Lipinski definition) is 0. The van der Waals surface area contributed by atoms with Crippen molar-refractivity contribution < 1.29 is 9.47 Å². The molecule has 2 saturated carbocycles. The number of methoxy groups -OCH3 is 1. The van der Waals surface area contributed by atoms with E-state index in [9.17, 15) is 0 Å². The maximum atomic E-state index is 6.39. The lowest BCUT2D eigenvalue weighted by molar-refractivity contribution is 0.133. The van der Waals surface area contributed by atoms with Gasteiger partial charge in [-0.05, 0) is 74.0 Å². The third-order valence-corrected chi connectivity index (χ3v) is 5.60. The highest BCUT2D eigenvalue weighted by atomic mass is 16.5. The average Bonchev–Trinajstić information content (AvgIpc) is 3.11. The normalized spacial score (nSPS) is 27.3. The van der Waals surface area contributed by atoms with E-state index < -0.39 is 0 Å². The average molecular weight is 288 g/mol. The Balaban J connectivity index is 1.80. The molecule has 116 valence electrons. The molecule has 2 aliphatic rings. The van der Waals surface area contributed by atoms with E-state index in [1.807, 2.05) is 0 Å². The third kappa shape index (κ3) is 2.90. The van der Waals surface area contributed by atoms with E-state index in [0.29, 0.717) is 12.0 Å². The summed E-state index contributed by atoms with van der Waals surface area (Å²) in [6.45, 7) is 4.52. The van der Waals surface area contributed by atoms with Crippen molar-refractivity contribution in [3.8, 4) is 11.5 Å². The first-order chi connectivity index (χ1) is 10.2. The van der Waals surface area contributed by atoms with E-state index in [4.69, 9.17) is 9.47 Å². The van der Waals surface area contributed by atoms with Crippen LogP contribution in [0.15, 0.2) is 18.2 Å². The van der Waals surface area contributed by atoms with Crippen LogP contribution >= 0.6 is 0 Å². The van der Waals surface area contributed by atoms with Crippen molar-refractivity contribution in [3.63, 3.8) is 0 Å². The molecule has 2 heteroatoms. The molecule has 3 atom stereocenters. The fraction of sp³-hybridized carbons (Fsp3) is 0.684. The van der Waals surface area contributed by atoms with Gasteiger partial charge in [0.15, 0.2) is 11.5 Å². The molecule has 21 heavy (non-hydrogen) atoms. The summed E-state index contributed by atoms with van der Waals surface area (Å²) < 4.78 is 11.9. The fourth-order valence-electron chi connectivity index (χ4n) is 4.29. The molecule has 3 rings (SSSR count). The lowest BCUT2D eigenvalue weighted by atomic mass is 9.93. The van der Waals surface area contributed by atoms with Crippen molar-refractivity contribution in [3.05, 3.63) is 23.8 Å². The number of ether oxygens (including phenoxy) is 2. The zero-order chi connectivity index (χ0) is 14.8. The van der Waals surface area contributed by atoms with Crippen molar-refractivity contribution in [1.82, 2.24) is 0 Å². The number of hydrogen-bond acceptors (Lipinski definition) is 2. The Morgan fingerprint density at radius 3 is 2.48 bits per heavy atom. The first-order valence-electron chi connectivity index (χ1n) is 8.59. The van der Waals surface area contributed by atoms with E-state index >= 15 is 0 Å². The maximum absolute atomic E-state index is 6.39. The fourth-order valence-corrected chi connectivity index (χ4v) is 4.29. The van der Waals surface area contributed by atoms with E-state index in [0.717, 1.165) is 23.3 Å². The molecular weight excluding hydrogens is 260 g/mol. The van der Waals surface area contributed by atoms with E-state index in [-0.39, 0.29) is 0 Å². The lowest BCUT2D eigenvalue weighted by Gasteiger charge is -2.25. The predicted octanol–water partition coefficient (Wildman–Crippen LogP) is 5.17. The van der Waals surface area contributed by atoms with Crippen molar-refractivity contribution in [1.29, 1.82) is 0 Å². The van der Waals surface area contributed by atoms with Crippen molar-refractivity contribution >= 4 is 0 Å². The molecule has 0 aromatic heterocycles. The maximum Gasteiger partial charge on any atom is 0.161 e. The molecule has 0 aliphatic heterocycles. The van der Waals surface area contributed by atoms with Gasteiger partial charge in [-0.2, -0.15) is 0 Å². The molecule has 1 aromatic carbocycles. The molecule has 0 heterocycles. The van der Waals surface area contributed by atoms with Crippen LogP contribution in [0.25, 0.3) is 0 Å². The number of rotatable bonds is 6. The Bertz CT molecular complexity index is 478. The van der Waals surface area contributed by atoms with Gasteiger partial charge in [0.05, 0.1) is 7.11 Å². The largest absolute Gasteiger partial charge is 0.493 e. The molecular formula is C19H28O2. The summed E-state index contributed by atoms with van der Waals surface area (Å²) in [6, 6.07) is 6.50. The standard InChI is InChI=1S/C19H28O2/c1-4-14(5-2)15-8-9-17(20-3)19(12-15)21-18-11-13-6-7-16(18)10-13/h8-9,12-14,16,18H,4-7,10-11H2,1-3H3/t13?,16?,18-/m1/s1. The minimum Gasteiger partial charge on any atom is -0.493 e. The third-order valence-electron chi connectivity index (χ3n) is 5.60. The lowest BCUT2D eigenvalue weighted by Crippen LogP contribution is -2.23. The van der Waals surface area contributed by atoms with Crippen LogP contribution in [0.3, 0.4) is 0 Å². The topological polar surface area (TPSA) is 18.5 Å². The molecule has 2 aliphatic carbocycles. The second kappa shape index (κ2) is 6.29. The van der Waals surface area contributed by atoms with Crippen LogP contribution in [-0.2, 0) is 0 Å². The van der Waals surface area contributed by atoms with E-state index in [1.54, 1.807) is 7.11 Å². The summed E-state index contributed by atoms with van der Waals surface area (Å²) in [6.07, 6.45) is 8.14. The molecule has 2 unspecified atom stereocenters. The summed E-state index contributed by atoms with van der Waals surface area (Å²) in [5.41, 5.74) is 1.39. The summed E-state index contributed by atoms with van der Waals surface area (Å²) >= 11 is 0. The van der Waals surface area contributed by atoms with Gasteiger partial charge in [0, 0.05) is 0 Å². The zero-order valence-corrected chi connectivity index (χ0v) is 13.6. The Kier molecular flexibility index (Phi) is 4.42.